The smallest absolute Gasteiger partial charge is 0.259 e. The van der Waals surface area contributed by atoms with Crippen molar-refractivity contribution < 1.29 is 9.32 Å². The molecular formula is C16H28ClN3O2. The SMILES string of the molecule is CNCCC1CCN(C(=O)c2c(C)noc2C(C)C)CC1.Cl. The van der Waals surface area contributed by atoms with E-state index in [-0.39, 0.29) is 24.2 Å². The van der Waals surface area contributed by atoms with Gasteiger partial charge in [-0.25, -0.2) is 0 Å². The molecule has 1 amide bonds. The lowest BCUT2D eigenvalue weighted by molar-refractivity contribution is 0.0683. The summed E-state index contributed by atoms with van der Waals surface area (Å²) in [5.41, 5.74) is 1.39. The van der Waals surface area contributed by atoms with Crippen LogP contribution in [0.25, 0.3) is 0 Å². The fraction of sp³-hybridized carbons (Fsp3) is 0.750. The molecule has 0 aliphatic carbocycles. The summed E-state index contributed by atoms with van der Waals surface area (Å²) in [5.74, 6) is 1.72. The number of hydrogen-bond acceptors (Lipinski definition) is 4. The second-order valence-electron chi connectivity index (χ2n) is 6.29. The Bertz CT molecular complexity index is 480. The molecule has 1 aromatic heterocycles. The Morgan fingerprint density at radius 3 is 2.59 bits per heavy atom. The lowest BCUT2D eigenvalue weighted by Crippen LogP contribution is -2.39. The Morgan fingerprint density at radius 2 is 2.05 bits per heavy atom. The Labute approximate surface area is 139 Å². The number of aryl methyl sites for hydroxylation is 1. The average molecular weight is 330 g/mol. The van der Waals surface area contributed by atoms with Gasteiger partial charge < -0.3 is 14.7 Å². The van der Waals surface area contributed by atoms with E-state index in [1.54, 1.807) is 0 Å². The second kappa shape index (κ2) is 8.53. The Morgan fingerprint density at radius 1 is 1.41 bits per heavy atom. The minimum absolute atomic E-state index is 0. The monoisotopic (exact) mass is 329 g/mol. The lowest BCUT2D eigenvalue weighted by atomic mass is 9.93. The molecule has 0 spiro atoms. The zero-order valence-corrected chi connectivity index (χ0v) is 14.8. The first-order valence-electron chi connectivity index (χ1n) is 7.94. The van der Waals surface area contributed by atoms with Gasteiger partial charge in [0.25, 0.3) is 5.91 Å². The number of amides is 1. The van der Waals surface area contributed by atoms with Gasteiger partial charge in [-0.15, -0.1) is 12.4 Å². The topological polar surface area (TPSA) is 58.4 Å². The number of carbonyl (C=O) groups is 1. The highest BCUT2D eigenvalue weighted by Gasteiger charge is 2.29. The van der Waals surface area contributed by atoms with Gasteiger partial charge in [-0.1, -0.05) is 19.0 Å². The molecule has 1 saturated heterocycles. The first kappa shape index (κ1) is 19.0. The van der Waals surface area contributed by atoms with Gasteiger partial charge in [0.15, 0.2) is 5.76 Å². The number of halogens is 1. The Kier molecular flexibility index (Phi) is 7.36. The van der Waals surface area contributed by atoms with Crippen molar-refractivity contribution in [1.29, 1.82) is 0 Å². The zero-order valence-electron chi connectivity index (χ0n) is 14.0. The Hall–Kier alpha value is -1.07. The van der Waals surface area contributed by atoms with E-state index in [0.29, 0.717) is 11.3 Å². The van der Waals surface area contributed by atoms with Gasteiger partial charge in [0.2, 0.25) is 0 Å². The first-order valence-corrected chi connectivity index (χ1v) is 7.94. The molecule has 22 heavy (non-hydrogen) atoms. The van der Waals surface area contributed by atoms with Crippen molar-refractivity contribution in [3.63, 3.8) is 0 Å². The molecule has 0 saturated carbocycles. The minimum atomic E-state index is 0. The van der Waals surface area contributed by atoms with Crippen LogP contribution in [0.15, 0.2) is 4.52 Å². The predicted molar refractivity (Wildman–Crippen MR) is 89.7 cm³/mol. The highest BCUT2D eigenvalue weighted by molar-refractivity contribution is 5.96. The summed E-state index contributed by atoms with van der Waals surface area (Å²) >= 11 is 0. The number of nitrogens with zero attached hydrogens (tertiary/aromatic N) is 2. The number of carbonyl (C=O) groups excluding carboxylic acids is 1. The van der Waals surface area contributed by atoms with Crippen LogP contribution in [-0.4, -0.2) is 42.6 Å². The van der Waals surface area contributed by atoms with Crippen molar-refractivity contribution in [1.82, 2.24) is 15.4 Å². The lowest BCUT2D eigenvalue weighted by Gasteiger charge is -2.32. The van der Waals surface area contributed by atoms with E-state index < -0.39 is 0 Å². The van der Waals surface area contributed by atoms with Crippen LogP contribution >= 0.6 is 12.4 Å². The largest absolute Gasteiger partial charge is 0.360 e. The molecule has 2 heterocycles. The maximum absolute atomic E-state index is 12.7. The summed E-state index contributed by atoms with van der Waals surface area (Å²) in [6.45, 7) is 8.65. The van der Waals surface area contributed by atoms with Gasteiger partial charge in [-0.05, 0) is 45.7 Å². The molecule has 6 heteroatoms. The van der Waals surface area contributed by atoms with Crippen LogP contribution in [0.5, 0.6) is 0 Å². The van der Waals surface area contributed by atoms with Gasteiger partial charge in [0.05, 0.1) is 5.69 Å². The number of nitrogens with one attached hydrogen (secondary N) is 1. The molecule has 0 atom stereocenters. The number of hydrogen-bond donors (Lipinski definition) is 1. The zero-order chi connectivity index (χ0) is 15.4. The molecule has 126 valence electrons. The minimum Gasteiger partial charge on any atom is -0.360 e. The predicted octanol–water partition coefficient (Wildman–Crippen LogP) is 2.99. The van der Waals surface area contributed by atoms with Gasteiger partial charge in [-0.2, -0.15) is 0 Å². The summed E-state index contributed by atoms with van der Waals surface area (Å²) in [7, 11) is 1.99. The quantitative estimate of drug-likeness (QED) is 0.902. The summed E-state index contributed by atoms with van der Waals surface area (Å²) in [4.78, 5) is 14.7. The van der Waals surface area contributed by atoms with Crippen molar-refractivity contribution in [2.75, 3.05) is 26.7 Å². The van der Waals surface area contributed by atoms with Crippen LogP contribution in [0.2, 0.25) is 0 Å². The van der Waals surface area contributed by atoms with Gasteiger partial charge in [0.1, 0.15) is 5.56 Å². The summed E-state index contributed by atoms with van der Waals surface area (Å²) in [6, 6.07) is 0. The molecule has 1 aliphatic heterocycles. The third kappa shape index (κ3) is 4.23. The Balaban J connectivity index is 0.00000242. The van der Waals surface area contributed by atoms with Crippen LogP contribution in [0.3, 0.4) is 0 Å². The number of likely N-dealkylation sites (tertiary alicyclic amines) is 1. The molecule has 1 fully saturated rings. The average Bonchev–Trinajstić information content (AvgIpc) is 2.87. The van der Waals surface area contributed by atoms with Crippen molar-refractivity contribution in [2.24, 2.45) is 5.92 Å². The van der Waals surface area contributed by atoms with Gasteiger partial charge in [0, 0.05) is 19.0 Å². The molecule has 1 aliphatic rings. The standard InChI is InChI=1S/C16H27N3O2.ClH/c1-11(2)15-14(12(3)18-21-15)16(20)19-9-6-13(7-10-19)5-8-17-4;/h11,13,17H,5-10H2,1-4H3;1H. The van der Waals surface area contributed by atoms with Crippen molar-refractivity contribution in [3.8, 4) is 0 Å². The van der Waals surface area contributed by atoms with Crippen molar-refractivity contribution >= 4 is 18.3 Å². The first-order chi connectivity index (χ1) is 10.0. The molecule has 0 unspecified atom stereocenters. The fourth-order valence-electron chi connectivity index (χ4n) is 2.97. The van der Waals surface area contributed by atoms with E-state index in [4.69, 9.17) is 4.52 Å². The van der Waals surface area contributed by atoms with Gasteiger partial charge in [-0.3, -0.25) is 4.79 Å². The third-order valence-corrected chi connectivity index (χ3v) is 4.33. The third-order valence-electron chi connectivity index (χ3n) is 4.33. The van der Waals surface area contributed by atoms with E-state index in [9.17, 15) is 4.79 Å². The van der Waals surface area contributed by atoms with E-state index in [0.717, 1.165) is 44.2 Å². The number of piperidine rings is 1. The molecule has 0 bridgehead atoms. The van der Waals surface area contributed by atoms with E-state index >= 15 is 0 Å². The van der Waals surface area contributed by atoms with Crippen LogP contribution in [0.4, 0.5) is 0 Å². The fourth-order valence-corrected chi connectivity index (χ4v) is 2.97. The van der Waals surface area contributed by atoms with E-state index in [1.165, 1.54) is 6.42 Å². The maximum atomic E-state index is 12.7. The summed E-state index contributed by atoms with van der Waals surface area (Å²) in [6.07, 6.45) is 3.38. The van der Waals surface area contributed by atoms with E-state index in [2.05, 4.69) is 10.5 Å². The summed E-state index contributed by atoms with van der Waals surface area (Å²) in [5, 5.41) is 7.18. The molecule has 2 rings (SSSR count). The highest BCUT2D eigenvalue weighted by atomic mass is 35.5. The molecule has 0 aromatic carbocycles. The van der Waals surface area contributed by atoms with Crippen LogP contribution in [0, 0.1) is 12.8 Å². The molecule has 1 N–H and O–H groups in total. The molecule has 5 nitrogen and oxygen atoms in total. The second-order valence-corrected chi connectivity index (χ2v) is 6.29. The maximum Gasteiger partial charge on any atom is 0.259 e. The van der Waals surface area contributed by atoms with Crippen molar-refractivity contribution in [3.05, 3.63) is 17.0 Å². The molecular weight excluding hydrogens is 302 g/mol. The van der Waals surface area contributed by atoms with Gasteiger partial charge >= 0.3 is 0 Å². The summed E-state index contributed by atoms with van der Waals surface area (Å²) < 4.78 is 5.34. The molecule has 0 radical (unpaired) electrons. The van der Waals surface area contributed by atoms with Crippen LogP contribution in [-0.2, 0) is 0 Å². The normalized spacial score (nSPS) is 16.0. The van der Waals surface area contributed by atoms with Crippen LogP contribution < -0.4 is 5.32 Å². The van der Waals surface area contributed by atoms with Crippen LogP contribution in [0.1, 0.15) is 60.8 Å². The molecule has 1 aromatic rings. The van der Waals surface area contributed by atoms with Crippen molar-refractivity contribution in [2.45, 2.75) is 46.0 Å². The highest BCUT2D eigenvalue weighted by Crippen LogP contribution is 2.26. The number of rotatable bonds is 5. The number of aromatic nitrogens is 1. The van der Waals surface area contributed by atoms with E-state index in [1.807, 2.05) is 32.7 Å².